The lowest BCUT2D eigenvalue weighted by Crippen LogP contribution is -2.48. The van der Waals surface area contributed by atoms with E-state index in [4.69, 9.17) is 5.84 Å². The second-order valence-corrected chi connectivity index (χ2v) is 6.71. The maximum atomic E-state index is 12.2. The van der Waals surface area contributed by atoms with E-state index in [1.807, 2.05) is 32.8 Å². The number of likely N-dealkylation sites (N-methyl/N-ethyl adjacent to an activating group) is 1. The van der Waals surface area contributed by atoms with Crippen molar-refractivity contribution < 1.29 is 8.42 Å². The van der Waals surface area contributed by atoms with Gasteiger partial charge in [0.25, 0.3) is 10.0 Å². The zero-order chi connectivity index (χ0) is 14.7. The van der Waals surface area contributed by atoms with Crippen molar-refractivity contribution in [1.82, 2.24) is 14.6 Å². The molecule has 0 aromatic carbocycles. The molecular formula is C11H21N5O2S. The zero-order valence-electron chi connectivity index (χ0n) is 11.6. The van der Waals surface area contributed by atoms with Crippen molar-refractivity contribution >= 4 is 15.7 Å². The second kappa shape index (κ2) is 5.83. The van der Waals surface area contributed by atoms with Gasteiger partial charge in [-0.15, -0.1) is 0 Å². The molecule has 0 fully saturated rings. The molecule has 0 spiro atoms. The molecule has 1 aromatic rings. The van der Waals surface area contributed by atoms with Gasteiger partial charge in [0.2, 0.25) is 0 Å². The molecule has 0 aliphatic rings. The van der Waals surface area contributed by atoms with Gasteiger partial charge in [-0.1, -0.05) is 0 Å². The van der Waals surface area contributed by atoms with Crippen LogP contribution in [0.3, 0.4) is 0 Å². The number of aromatic nitrogens is 1. The Hall–Kier alpha value is -1.22. The molecular weight excluding hydrogens is 266 g/mol. The van der Waals surface area contributed by atoms with Gasteiger partial charge in [0.1, 0.15) is 0 Å². The number of nitrogens with one attached hydrogen (secondary N) is 2. The van der Waals surface area contributed by atoms with Crippen LogP contribution in [0.15, 0.2) is 23.4 Å². The summed E-state index contributed by atoms with van der Waals surface area (Å²) in [6.07, 6.45) is 1.41. The summed E-state index contributed by atoms with van der Waals surface area (Å²) in [5.74, 6) is 5.29. The highest BCUT2D eigenvalue weighted by atomic mass is 32.2. The van der Waals surface area contributed by atoms with Gasteiger partial charge in [-0.2, -0.15) is 0 Å². The molecule has 108 valence electrons. The number of anilines is 1. The Morgan fingerprint density at radius 3 is 2.58 bits per heavy atom. The Balaban J connectivity index is 2.94. The Bertz CT molecular complexity index is 528. The van der Waals surface area contributed by atoms with E-state index < -0.39 is 10.0 Å². The van der Waals surface area contributed by atoms with Crippen LogP contribution in [0.25, 0.3) is 0 Å². The van der Waals surface area contributed by atoms with Crippen molar-refractivity contribution in [3.8, 4) is 0 Å². The third-order valence-electron chi connectivity index (χ3n) is 3.09. The van der Waals surface area contributed by atoms with Crippen molar-refractivity contribution in [3.05, 3.63) is 18.3 Å². The van der Waals surface area contributed by atoms with Gasteiger partial charge in [0.05, 0.1) is 5.69 Å². The molecule has 0 bridgehead atoms. The van der Waals surface area contributed by atoms with Crippen molar-refractivity contribution in [1.29, 1.82) is 0 Å². The van der Waals surface area contributed by atoms with E-state index >= 15 is 0 Å². The van der Waals surface area contributed by atoms with Crippen LogP contribution in [-0.2, 0) is 10.0 Å². The molecule has 1 rings (SSSR count). The van der Waals surface area contributed by atoms with Gasteiger partial charge in [-0.25, -0.2) is 18.1 Å². The number of hydrogen-bond donors (Lipinski definition) is 3. The molecule has 7 nitrogen and oxygen atoms in total. The minimum Gasteiger partial charge on any atom is -0.321 e. The van der Waals surface area contributed by atoms with Crippen LogP contribution in [0.1, 0.15) is 13.8 Å². The van der Waals surface area contributed by atoms with Crippen LogP contribution in [0.2, 0.25) is 0 Å². The Labute approximate surface area is 114 Å². The molecule has 8 heteroatoms. The van der Waals surface area contributed by atoms with E-state index in [1.54, 1.807) is 12.1 Å². The number of sulfonamides is 1. The van der Waals surface area contributed by atoms with Crippen LogP contribution in [0, 0.1) is 0 Å². The number of nitrogens with two attached hydrogens (primary N) is 1. The van der Waals surface area contributed by atoms with E-state index in [-0.39, 0.29) is 22.8 Å². The maximum Gasteiger partial charge on any atom is 0.260 e. The highest BCUT2D eigenvalue weighted by Gasteiger charge is 2.26. The number of pyridine rings is 1. The van der Waals surface area contributed by atoms with Crippen LogP contribution in [0.4, 0.5) is 5.69 Å². The van der Waals surface area contributed by atoms with Crippen molar-refractivity contribution in [2.24, 2.45) is 5.84 Å². The van der Waals surface area contributed by atoms with Gasteiger partial charge in [0.15, 0.2) is 5.03 Å². The van der Waals surface area contributed by atoms with Crippen LogP contribution in [-0.4, -0.2) is 44.5 Å². The molecule has 19 heavy (non-hydrogen) atoms. The van der Waals surface area contributed by atoms with Gasteiger partial charge in [-0.3, -0.25) is 5.84 Å². The predicted octanol–water partition coefficient (Wildman–Crippen LogP) is -0.0143. The molecule has 0 saturated heterocycles. The lowest BCUT2D eigenvalue weighted by Gasteiger charge is -2.32. The molecule has 1 heterocycles. The van der Waals surface area contributed by atoms with Gasteiger partial charge in [-0.05, 0) is 40.1 Å². The van der Waals surface area contributed by atoms with E-state index in [0.717, 1.165) is 0 Å². The number of nitrogens with zero attached hydrogens (tertiary/aromatic N) is 2. The largest absolute Gasteiger partial charge is 0.321 e. The molecule has 0 aliphatic heterocycles. The average molecular weight is 287 g/mol. The smallest absolute Gasteiger partial charge is 0.260 e. The quantitative estimate of drug-likeness (QED) is 0.502. The third kappa shape index (κ3) is 3.87. The molecule has 0 aliphatic carbocycles. The van der Waals surface area contributed by atoms with Crippen LogP contribution < -0.4 is 16.0 Å². The summed E-state index contributed by atoms with van der Waals surface area (Å²) in [6, 6.07) is 3.16. The SMILES string of the molecule is CN(C)C(C)(C)CNS(=O)(=O)c1ncccc1NN. The normalized spacial score (nSPS) is 12.7. The zero-order valence-corrected chi connectivity index (χ0v) is 12.5. The summed E-state index contributed by atoms with van der Waals surface area (Å²) in [5, 5.41) is -0.105. The van der Waals surface area contributed by atoms with E-state index in [2.05, 4.69) is 15.1 Å². The fraction of sp³-hybridized carbons (Fsp3) is 0.545. The average Bonchev–Trinajstić information content (AvgIpc) is 2.36. The number of hydrogen-bond acceptors (Lipinski definition) is 6. The summed E-state index contributed by atoms with van der Waals surface area (Å²) >= 11 is 0. The lowest BCUT2D eigenvalue weighted by atomic mass is 10.1. The minimum atomic E-state index is -3.70. The first kappa shape index (κ1) is 15.8. The summed E-state index contributed by atoms with van der Waals surface area (Å²) < 4.78 is 26.9. The Morgan fingerprint density at radius 2 is 2.05 bits per heavy atom. The second-order valence-electron chi connectivity index (χ2n) is 5.03. The lowest BCUT2D eigenvalue weighted by molar-refractivity contribution is 0.199. The summed E-state index contributed by atoms with van der Waals surface area (Å²) in [5.41, 5.74) is 2.28. The first-order valence-electron chi connectivity index (χ1n) is 5.79. The first-order chi connectivity index (χ1) is 8.70. The van der Waals surface area contributed by atoms with E-state index in [0.29, 0.717) is 0 Å². The predicted molar refractivity (Wildman–Crippen MR) is 75.0 cm³/mol. The summed E-state index contributed by atoms with van der Waals surface area (Å²) in [4.78, 5) is 5.80. The van der Waals surface area contributed by atoms with Crippen molar-refractivity contribution in [2.45, 2.75) is 24.4 Å². The van der Waals surface area contributed by atoms with Crippen molar-refractivity contribution in [2.75, 3.05) is 26.1 Å². The number of hydrazine groups is 1. The molecule has 4 N–H and O–H groups in total. The topological polar surface area (TPSA) is 100 Å². The highest BCUT2D eigenvalue weighted by Crippen LogP contribution is 2.17. The number of nitrogen functional groups attached to an aromatic ring is 1. The molecule has 0 unspecified atom stereocenters. The minimum absolute atomic E-state index is 0.105. The van der Waals surface area contributed by atoms with Crippen molar-refractivity contribution in [3.63, 3.8) is 0 Å². The monoisotopic (exact) mass is 287 g/mol. The first-order valence-corrected chi connectivity index (χ1v) is 7.28. The molecule has 0 saturated carbocycles. The fourth-order valence-corrected chi connectivity index (χ4v) is 2.51. The Morgan fingerprint density at radius 1 is 1.42 bits per heavy atom. The van der Waals surface area contributed by atoms with Crippen LogP contribution >= 0.6 is 0 Å². The van der Waals surface area contributed by atoms with Crippen LogP contribution in [0.5, 0.6) is 0 Å². The molecule has 1 aromatic heterocycles. The fourth-order valence-electron chi connectivity index (χ4n) is 1.21. The maximum absolute atomic E-state index is 12.2. The standard InChI is InChI=1S/C11H21N5O2S/c1-11(2,16(3)4)8-14-19(17,18)10-9(15-12)6-5-7-13-10/h5-7,14-15H,8,12H2,1-4H3. The molecule has 0 atom stereocenters. The third-order valence-corrected chi connectivity index (χ3v) is 4.45. The van der Waals surface area contributed by atoms with Gasteiger partial charge < -0.3 is 10.3 Å². The summed E-state index contributed by atoms with van der Waals surface area (Å²) in [6.45, 7) is 4.15. The van der Waals surface area contributed by atoms with E-state index in [9.17, 15) is 8.42 Å². The highest BCUT2D eigenvalue weighted by molar-refractivity contribution is 7.89. The molecule has 0 amide bonds. The molecule has 0 radical (unpaired) electrons. The van der Waals surface area contributed by atoms with Gasteiger partial charge in [0, 0.05) is 18.3 Å². The van der Waals surface area contributed by atoms with Gasteiger partial charge >= 0.3 is 0 Å². The number of rotatable bonds is 6. The summed E-state index contributed by atoms with van der Waals surface area (Å²) in [7, 11) is 0.0816. The van der Waals surface area contributed by atoms with E-state index in [1.165, 1.54) is 6.20 Å². The Kier molecular flexibility index (Phi) is 4.86.